The Labute approximate surface area is 179 Å². The summed E-state index contributed by atoms with van der Waals surface area (Å²) in [5.41, 5.74) is 7.81. The number of nitrogens with two attached hydrogens (primary N) is 1. The zero-order valence-electron chi connectivity index (χ0n) is 17.0. The van der Waals surface area contributed by atoms with E-state index < -0.39 is 11.9 Å². The van der Waals surface area contributed by atoms with Crippen molar-refractivity contribution in [2.24, 2.45) is 5.73 Å². The van der Waals surface area contributed by atoms with E-state index >= 15 is 0 Å². The summed E-state index contributed by atoms with van der Waals surface area (Å²) in [5.74, 6) is -1.04. The first-order valence-electron chi connectivity index (χ1n) is 9.97. The van der Waals surface area contributed by atoms with Crippen LogP contribution in [0.5, 0.6) is 5.75 Å². The molecule has 0 bridgehead atoms. The van der Waals surface area contributed by atoms with Crippen molar-refractivity contribution in [3.8, 4) is 5.75 Å². The molecular formula is C24H22FNO5. The number of ether oxygens (including phenoxy) is 3. The molecule has 1 aliphatic heterocycles. The fourth-order valence-corrected chi connectivity index (χ4v) is 4.01. The summed E-state index contributed by atoms with van der Waals surface area (Å²) in [7, 11) is 1.25. The van der Waals surface area contributed by atoms with Crippen LogP contribution in [0, 0.1) is 5.82 Å². The average Bonchev–Trinajstić information content (AvgIpc) is 2.77. The molecule has 7 heteroatoms. The number of hydrogen-bond acceptors (Lipinski definition) is 6. The van der Waals surface area contributed by atoms with Crippen molar-refractivity contribution in [3.63, 3.8) is 0 Å². The molecule has 31 heavy (non-hydrogen) atoms. The van der Waals surface area contributed by atoms with E-state index in [0.717, 1.165) is 0 Å². The Bertz CT molecular complexity index is 1100. The second-order valence-corrected chi connectivity index (χ2v) is 7.37. The standard InChI is InChI=1S/C24H22FNO5/c1-29-24(28)22-20(21-17(27)9-5-11-19(21)31-23(22)26)16-8-2-3-10-18(16)30-13-14-6-4-7-15(25)12-14/h2-4,6-8,10,12,20H,5,9,11,13,26H2,1H3/t20-/m1/s1. The van der Waals surface area contributed by atoms with Crippen LogP contribution in [0.15, 0.2) is 71.3 Å². The lowest BCUT2D eigenvalue weighted by atomic mass is 9.77. The van der Waals surface area contributed by atoms with Crippen molar-refractivity contribution in [3.05, 3.63) is 88.3 Å². The third kappa shape index (κ3) is 4.03. The van der Waals surface area contributed by atoms with Crippen LogP contribution in [-0.2, 0) is 25.7 Å². The number of methoxy groups -OCH3 is 1. The highest BCUT2D eigenvalue weighted by Gasteiger charge is 2.42. The van der Waals surface area contributed by atoms with Gasteiger partial charge in [-0.3, -0.25) is 4.79 Å². The van der Waals surface area contributed by atoms with Gasteiger partial charge in [0.15, 0.2) is 5.78 Å². The van der Waals surface area contributed by atoms with Gasteiger partial charge in [0, 0.05) is 24.0 Å². The van der Waals surface area contributed by atoms with Gasteiger partial charge < -0.3 is 19.9 Å². The average molecular weight is 423 g/mol. The van der Waals surface area contributed by atoms with Gasteiger partial charge in [0.2, 0.25) is 5.88 Å². The fourth-order valence-electron chi connectivity index (χ4n) is 4.01. The molecule has 4 rings (SSSR count). The first-order chi connectivity index (χ1) is 15.0. The Morgan fingerprint density at radius 3 is 2.77 bits per heavy atom. The van der Waals surface area contributed by atoms with Crippen LogP contribution >= 0.6 is 0 Å². The molecule has 0 spiro atoms. The molecule has 0 unspecified atom stereocenters. The van der Waals surface area contributed by atoms with Gasteiger partial charge >= 0.3 is 5.97 Å². The van der Waals surface area contributed by atoms with Crippen molar-refractivity contribution in [2.45, 2.75) is 31.8 Å². The van der Waals surface area contributed by atoms with E-state index in [0.29, 0.717) is 47.5 Å². The van der Waals surface area contributed by atoms with Crippen molar-refractivity contribution < 1.29 is 28.2 Å². The summed E-state index contributed by atoms with van der Waals surface area (Å²) in [6.07, 6.45) is 1.57. The quantitative estimate of drug-likeness (QED) is 0.735. The van der Waals surface area contributed by atoms with Crippen molar-refractivity contribution in [1.82, 2.24) is 0 Å². The van der Waals surface area contributed by atoms with Gasteiger partial charge in [-0.15, -0.1) is 0 Å². The zero-order valence-corrected chi connectivity index (χ0v) is 17.0. The molecule has 0 aromatic heterocycles. The predicted octanol–water partition coefficient (Wildman–Crippen LogP) is 3.87. The predicted molar refractivity (Wildman–Crippen MR) is 110 cm³/mol. The van der Waals surface area contributed by atoms with Crippen molar-refractivity contribution in [2.75, 3.05) is 7.11 Å². The van der Waals surface area contributed by atoms with E-state index in [1.807, 2.05) is 0 Å². The Balaban J connectivity index is 1.78. The number of para-hydroxylation sites is 1. The largest absolute Gasteiger partial charge is 0.489 e. The number of esters is 1. The summed E-state index contributed by atoms with van der Waals surface area (Å²) < 4.78 is 30.1. The minimum atomic E-state index is -0.771. The zero-order chi connectivity index (χ0) is 22.0. The van der Waals surface area contributed by atoms with Crippen LogP contribution < -0.4 is 10.5 Å². The van der Waals surface area contributed by atoms with E-state index in [2.05, 4.69) is 0 Å². The first-order valence-corrected chi connectivity index (χ1v) is 9.97. The summed E-state index contributed by atoms with van der Waals surface area (Å²) in [6, 6.07) is 13.2. The van der Waals surface area contributed by atoms with Crippen LogP contribution in [0.4, 0.5) is 4.39 Å². The summed E-state index contributed by atoms with van der Waals surface area (Å²) in [4.78, 5) is 25.5. The van der Waals surface area contributed by atoms with Gasteiger partial charge in [-0.05, 0) is 30.2 Å². The number of hydrogen-bond donors (Lipinski definition) is 1. The number of rotatable bonds is 5. The molecule has 2 aromatic rings. The van der Waals surface area contributed by atoms with Gasteiger partial charge in [0.1, 0.15) is 29.5 Å². The van der Waals surface area contributed by atoms with Crippen LogP contribution in [0.2, 0.25) is 0 Å². The maximum Gasteiger partial charge on any atom is 0.340 e. The highest BCUT2D eigenvalue weighted by molar-refractivity contribution is 6.03. The van der Waals surface area contributed by atoms with Crippen LogP contribution in [-0.4, -0.2) is 18.9 Å². The summed E-state index contributed by atoms with van der Waals surface area (Å²) >= 11 is 0. The number of allylic oxidation sites excluding steroid dienone is 2. The highest BCUT2D eigenvalue weighted by atomic mass is 19.1. The number of Topliss-reactive ketones (excluding diaryl/α,β-unsaturated/α-hetero) is 1. The van der Waals surface area contributed by atoms with E-state index in [4.69, 9.17) is 19.9 Å². The molecule has 0 amide bonds. The second kappa shape index (κ2) is 8.63. The highest BCUT2D eigenvalue weighted by Crippen LogP contribution is 2.46. The lowest BCUT2D eigenvalue weighted by Gasteiger charge is -2.32. The van der Waals surface area contributed by atoms with E-state index in [1.54, 1.807) is 36.4 Å². The first kappa shape index (κ1) is 20.7. The van der Waals surface area contributed by atoms with Gasteiger partial charge in [0.25, 0.3) is 0 Å². The van der Waals surface area contributed by atoms with Crippen LogP contribution in [0.1, 0.15) is 36.3 Å². The lowest BCUT2D eigenvalue weighted by Crippen LogP contribution is -2.31. The monoisotopic (exact) mass is 423 g/mol. The number of ketones is 1. The molecule has 2 aliphatic rings. The molecule has 2 aromatic carbocycles. The van der Waals surface area contributed by atoms with Gasteiger partial charge in [-0.1, -0.05) is 30.3 Å². The maximum absolute atomic E-state index is 13.5. The molecule has 0 radical (unpaired) electrons. The molecule has 1 atom stereocenters. The van der Waals surface area contributed by atoms with E-state index in [1.165, 1.54) is 19.2 Å². The third-order valence-electron chi connectivity index (χ3n) is 5.40. The molecule has 160 valence electrons. The molecule has 6 nitrogen and oxygen atoms in total. The topological polar surface area (TPSA) is 87.9 Å². The van der Waals surface area contributed by atoms with E-state index in [9.17, 15) is 14.0 Å². The molecule has 1 aliphatic carbocycles. The maximum atomic E-state index is 13.5. The van der Waals surface area contributed by atoms with Crippen molar-refractivity contribution >= 4 is 11.8 Å². The summed E-state index contributed by atoms with van der Waals surface area (Å²) in [6.45, 7) is 0.116. The Hall–Kier alpha value is -3.61. The number of carbonyl (C=O) groups is 2. The van der Waals surface area contributed by atoms with Crippen LogP contribution in [0.3, 0.4) is 0 Å². The molecule has 0 saturated heterocycles. The van der Waals surface area contributed by atoms with Gasteiger partial charge in [-0.25, -0.2) is 9.18 Å². The summed E-state index contributed by atoms with van der Waals surface area (Å²) in [5, 5.41) is 0. The number of carbonyl (C=O) groups excluding carboxylic acids is 2. The molecular weight excluding hydrogens is 401 g/mol. The molecule has 2 N–H and O–H groups in total. The normalized spacial score (nSPS) is 18.4. The molecule has 0 fully saturated rings. The minimum absolute atomic E-state index is 0.0679. The fraction of sp³-hybridized carbons (Fsp3) is 0.250. The van der Waals surface area contributed by atoms with Crippen molar-refractivity contribution in [1.29, 1.82) is 0 Å². The Morgan fingerprint density at radius 2 is 2.00 bits per heavy atom. The number of halogens is 1. The third-order valence-corrected chi connectivity index (χ3v) is 5.40. The van der Waals surface area contributed by atoms with E-state index in [-0.39, 0.29) is 29.7 Å². The minimum Gasteiger partial charge on any atom is -0.489 e. The lowest BCUT2D eigenvalue weighted by molar-refractivity contribution is -0.136. The Morgan fingerprint density at radius 1 is 1.19 bits per heavy atom. The van der Waals surface area contributed by atoms with Gasteiger partial charge in [-0.2, -0.15) is 0 Å². The van der Waals surface area contributed by atoms with Crippen LogP contribution in [0.25, 0.3) is 0 Å². The molecule has 1 heterocycles. The second-order valence-electron chi connectivity index (χ2n) is 7.37. The number of benzene rings is 2. The SMILES string of the molecule is COC(=O)C1=C(N)OC2=C(C(=O)CCC2)[C@H]1c1ccccc1OCc1cccc(F)c1. The molecule has 0 saturated carbocycles. The smallest absolute Gasteiger partial charge is 0.340 e. The van der Waals surface area contributed by atoms with Gasteiger partial charge in [0.05, 0.1) is 13.0 Å². The Kier molecular flexibility index (Phi) is 5.75.